The zero-order valence-electron chi connectivity index (χ0n) is 26.9. The molecule has 0 radical (unpaired) electrons. The lowest BCUT2D eigenvalue weighted by molar-refractivity contribution is -0.0940. The Bertz CT molecular complexity index is 867. The second-order valence-corrected chi connectivity index (χ2v) is 13.0. The second-order valence-electron chi connectivity index (χ2n) is 12.2. The van der Waals surface area contributed by atoms with E-state index in [2.05, 4.69) is 33.9 Å². The summed E-state index contributed by atoms with van der Waals surface area (Å²) in [6.07, 6.45) is 25.8. The van der Waals surface area contributed by atoms with Crippen molar-refractivity contribution in [1.82, 2.24) is 15.4 Å². The van der Waals surface area contributed by atoms with E-state index in [1.54, 1.807) is 0 Å². The molecule has 2 aliphatic heterocycles. The van der Waals surface area contributed by atoms with E-state index in [0.29, 0.717) is 19.0 Å². The van der Waals surface area contributed by atoms with E-state index in [4.69, 9.17) is 18.7 Å². The quantitative estimate of drug-likeness (QED) is 0.108. The fraction of sp³-hybridized carbons (Fsp3) is 0.824. The van der Waals surface area contributed by atoms with Crippen molar-refractivity contribution in [2.24, 2.45) is 0 Å². The Hall–Kier alpha value is -1.87. The number of rotatable bonds is 25. The molecule has 1 amide bonds. The van der Waals surface area contributed by atoms with Crippen molar-refractivity contribution in [3.8, 4) is 5.88 Å². The Morgan fingerprint density at radius 3 is 2.35 bits per heavy atom. The van der Waals surface area contributed by atoms with Crippen molar-refractivity contribution in [3.05, 3.63) is 23.4 Å². The van der Waals surface area contributed by atoms with Gasteiger partial charge in [0.2, 0.25) is 0 Å². The molecule has 0 bridgehead atoms. The Kier molecular flexibility index (Phi) is 19.5. The molecule has 1 aromatic heterocycles. The first-order valence-electron chi connectivity index (χ1n) is 17.4. The predicted octanol–water partition coefficient (Wildman–Crippen LogP) is 9.00. The van der Waals surface area contributed by atoms with E-state index in [-0.39, 0.29) is 24.9 Å². The predicted molar refractivity (Wildman–Crippen MR) is 175 cm³/mol. The summed E-state index contributed by atoms with van der Waals surface area (Å²) in [7, 11) is 0. The number of aromatic nitrogens is 1. The highest BCUT2D eigenvalue weighted by Gasteiger charge is 2.30. The normalized spacial score (nSPS) is 18.3. The number of hydrogen-bond acceptors (Lipinski definition) is 8. The summed E-state index contributed by atoms with van der Waals surface area (Å²) in [5.74, 6) is 2.34. The van der Waals surface area contributed by atoms with Crippen molar-refractivity contribution in [3.63, 3.8) is 0 Å². The molecule has 9 heteroatoms. The third-order valence-corrected chi connectivity index (χ3v) is 9.14. The molecule has 2 unspecified atom stereocenters. The molecule has 1 fully saturated rings. The number of aryl methyl sites for hydroxylation is 1. The van der Waals surface area contributed by atoms with Crippen molar-refractivity contribution in [1.29, 1.82) is 0 Å². The maximum Gasteiger partial charge on any atom is 0.407 e. The first-order valence-corrected chi connectivity index (χ1v) is 18.5. The van der Waals surface area contributed by atoms with Crippen LogP contribution in [-0.2, 0) is 15.9 Å². The van der Waals surface area contributed by atoms with Crippen LogP contribution in [-0.4, -0.2) is 60.5 Å². The molecule has 0 spiro atoms. The van der Waals surface area contributed by atoms with Crippen LogP contribution >= 0.6 is 11.8 Å². The average Bonchev–Trinajstić information content (AvgIpc) is 3.71. The van der Waals surface area contributed by atoms with Gasteiger partial charge in [-0.05, 0) is 42.7 Å². The molecule has 1 saturated heterocycles. The lowest BCUT2D eigenvalue weighted by Gasteiger charge is -2.30. The number of alkyl carbamates (subject to hydrolysis) is 1. The molecule has 2 atom stereocenters. The van der Waals surface area contributed by atoms with Gasteiger partial charge in [-0.25, -0.2) is 4.79 Å². The number of nitrogens with zero attached hydrogens (tertiary/aromatic N) is 2. The minimum Gasteiger partial charge on any atom is -0.473 e. The van der Waals surface area contributed by atoms with Crippen LogP contribution in [0, 0.1) is 0 Å². The molecular weight excluding hydrogens is 562 g/mol. The summed E-state index contributed by atoms with van der Waals surface area (Å²) in [6.45, 7) is 4.92. The largest absolute Gasteiger partial charge is 0.473 e. The van der Waals surface area contributed by atoms with E-state index >= 15 is 0 Å². The number of nitrogens with one attached hydrogen (secondary N) is 1. The maximum atomic E-state index is 12.4. The number of thioether (sulfide) groups is 1. The fourth-order valence-corrected chi connectivity index (χ4v) is 6.43. The van der Waals surface area contributed by atoms with Gasteiger partial charge in [0.1, 0.15) is 24.6 Å². The van der Waals surface area contributed by atoms with E-state index in [9.17, 15) is 4.79 Å². The van der Waals surface area contributed by atoms with Gasteiger partial charge in [-0.1, -0.05) is 96.8 Å². The van der Waals surface area contributed by atoms with Gasteiger partial charge in [0.25, 0.3) is 5.88 Å². The van der Waals surface area contributed by atoms with Crippen LogP contribution in [0.1, 0.15) is 135 Å². The summed E-state index contributed by atoms with van der Waals surface area (Å²) in [5, 5.41) is 9.11. The van der Waals surface area contributed by atoms with Gasteiger partial charge >= 0.3 is 6.09 Å². The molecule has 0 aliphatic carbocycles. The molecule has 0 saturated carbocycles. The molecule has 3 rings (SSSR count). The molecule has 0 aromatic carbocycles. The number of carbonyl (C=O) groups excluding carboxylic acids is 1. The number of amides is 1. The van der Waals surface area contributed by atoms with E-state index in [0.717, 1.165) is 63.1 Å². The Morgan fingerprint density at radius 2 is 1.67 bits per heavy atom. The average molecular weight is 622 g/mol. The highest BCUT2D eigenvalue weighted by Crippen LogP contribution is 2.21. The molecule has 2 aliphatic rings. The van der Waals surface area contributed by atoms with E-state index < -0.39 is 0 Å². The van der Waals surface area contributed by atoms with Crippen molar-refractivity contribution in [2.45, 2.75) is 148 Å². The summed E-state index contributed by atoms with van der Waals surface area (Å²) in [5.41, 5.74) is 0. The smallest absolute Gasteiger partial charge is 0.407 e. The monoisotopic (exact) mass is 621 g/mol. The molecular formula is C34H59N3O5S. The summed E-state index contributed by atoms with van der Waals surface area (Å²) in [4.78, 5) is 14.7. The second kappa shape index (κ2) is 23.5. The Labute approximate surface area is 265 Å². The van der Waals surface area contributed by atoms with Crippen LogP contribution in [0.25, 0.3) is 0 Å². The molecule has 3 heterocycles. The molecule has 43 heavy (non-hydrogen) atoms. The SMILES string of the molecule is CCCCCCCCCCCCCCCCCNC(=O)OC1CCCOC1COc1cc(CCCCN2C=CSC2)on1. The lowest BCUT2D eigenvalue weighted by atomic mass is 10.0. The van der Waals surface area contributed by atoms with Crippen LogP contribution in [0.15, 0.2) is 22.2 Å². The number of ether oxygens (including phenoxy) is 3. The van der Waals surface area contributed by atoms with Crippen molar-refractivity contribution < 1.29 is 23.5 Å². The van der Waals surface area contributed by atoms with Crippen molar-refractivity contribution in [2.75, 3.05) is 32.2 Å². The highest BCUT2D eigenvalue weighted by molar-refractivity contribution is 8.02. The minimum absolute atomic E-state index is 0.280. The van der Waals surface area contributed by atoms with Crippen LogP contribution in [0.5, 0.6) is 5.88 Å². The summed E-state index contributed by atoms with van der Waals surface area (Å²) < 4.78 is 22.9. The van der Waals surface area contributed by atoms with Crippen LogP contribution in [0.3, 0.4) is 0 Å². The van der Waals surface area contributed by atoms with Gasteiger partial charge in [-0.3, -0.25) is 0 Å². The molecule has 8 nitrogen and oxygen atoms in total. The standard InChI is InChI=1S/C34H59N3O5S/c1-2-3-4-5-6-7-8-9-10-11-12-13-14-15-17-22-35-34(38)41-31-21-19-25-39-32(31)28-40-33-27-30(42-36-33)20-16-18-23-37-24-26-43-29-37/h24,26-27,31-32H,2-23,25,28-29H2,1H3,(H,35,38). The Morgan fingerprint density at radius 1 is 0.977 bits per heavy atom. The summed E-state index contributed by atoms with van der Waals surface area (Å²) >= 11 is 1.83. The number of unbranched alkanes of at least 4 members (excludes halogenated alkanes) is 15. The first-order chi connectivity index (χ1) is 21.2. The van der Waals surface area contributed by atoms with Gasteiger partial charge in [-0.2, -0.15) is 0 Å². The zero-order chi connectivity index (χ0) is 30.2. The third kappa shape index (κ3) is 16.7. The van der Waals surface area contributed by atoms with Gasteiger partial charge in [0.05, 0.1) is 5.88 Å². The first kappa shape index (κ1) is 35.6. The maximum absolute atomic E-state index is 12.4. The minimum atomic E-state index is -0.363. The fourth-order valence-electron chi connectivity index (χ4n) is 5.68. The van der Waals surface area contributed by atoms with E-state index in [1.165, 1.54) is 83.5 Å². The number of carbonyl (C=O) groups is 1. The summed E-state index contributed by atoms with van der Waals surface area (Å²) in [6, 6.07) is 1.86. The lowest BCUT2D eigenvalue weighted by Crippen LogP contribution is -2.43. The Balaban J connectivity index is 1.15. The van der Waals surface area contributed by atoms with E-state index in [1.807, 2.05) is 17.8 Å². The zero-order valence-corrected chi connectivity index (χ0v) is 27.7. The molecule has 1 aromatic rings. The highest BCUT2D eigenvalue weighted by atomic mass is 32.2. The third-order valence-electron chi connectivity index (χ3n) is 8.35. The van der Waals surface area contributed by atoms with Gasteiger partial charge in [0, 0.05) is 38.4 Å². The molecule has 246 valence electrons. The van der Waals surface area contributed by atoms with Gasteiger partial charge < -0.3 is 29.0 Å². The van der Waals surface area contributed by atoms with Gasteiger partial charge in [0.15, 0.2) is 0 Å². The molecule has 1 N–H and O–H groups in total. The van der Waals surface area contributed by atoms with Crippen LogP contribution in [0.4, 0.5) is 4.79 Å². The van der Waals surface area contributed by atoms with Crippen LogP contribution in [0.2, 0.25) is 0 Å². The van der Waals surface area contributed by atoms with Gasteiger partial charge in [-0.15, -0.1) is 11.8 Å². The van der Waals surface area contributed by atoms with Crippen molar-refractivity contribution >= 4 is 17.9 Å². The number of hydrogen-bond donors (Lipinski definition) is 1. The topological polar surface area (TPSA) is 86.1 Å². The van der Waals surface area contributed by atoms with Crippen LogP contribution < -0.4 is 10.1 Å².